The van der Waals surface area contributed by atoms with E-state index >= 15 is 0 Å². The molecule has 2 aromatic carbocycles. The third-order valence-corrected chi connectivity index (χ3v) is 5.13. The van der Waals surface area contributed by atoms with E-state index in [4.69, 9.17) is 0 Å². The van der Waals surface area contributed by atoms with Crippen LogP contribution in [0.2, 0.25) is 0 Å². The predicted molar refractivity (Wildman–Crippen MR) is 83.9 cm³/mol. The summed E-state index contributed by atoms with van der Waals surface area (Å²) in [6.45, 7) is 2.11. The lowest BCUT2D eigenvalue weighted by molar-refractivity contribution is 0.201. The highest BCUT2D eigenvalue weighted by atomic mass is 32.2. The van der Waals surface area contributed by atoms with Gasteiger partial charge in [0.2, 0.25) is 0 Å². The van der Waals surface area contributed by atoms with Gasteiger partial charge in [-0.2, -0.15) is 0 Å². The summed E-state index contributed by atoms with van der Waals surface area (Å²) in [6.07, 6.45) is 1.04. The van der Waals surface area contributed by atoms with Gasteiger partial charge in [-0.15, -0.1) is 0 Å². The summed E-state index contributed by atoms with van der Waals surface area (Å²) in [5, 5.41) is 10.2. The molecule has 0 radical (unpaired) electrons. The molecule has 1 atom stereocenters. The van der Waals surface area contributed by atoms with Crippen LogP contribution in [0.1, 0.15) is 30.6 Å². The average molecular weight is 304 g/mol. The zero-order valence-corrected chi connectivity index (χ0v) is 12.9. The van der Waals surface area contributed by atoms with E-state index in [0.29, 0.717) is 5.56 Å². The van der Waals surface area contributed by atoms with Crippen molar-refractivity contribution in [2.24, 2.45) is 0 Å². The van der Waals surface area contributed by atoms with Gasteiger partial charge in [-0.25, -0.2) is 8.42 Å². The molecule has 0 amide bonds. The number of rotatable bonds is 6. The molecule has 21 heavy (non-hydrogen) atoms. The van der Waals surface area contributed by atoms with Gasteiger partial charge in [0, 0.05) is 0 Å². The molecule has 2 aromatic rings. The van der Waals surface area contributed by atoms with Crippen LogP contribution in [0.4, 0.5) is 0 Å². The van der Waals surface area contributed by atoms with Crippen LogP contribution in [0.3, 0.4) is 0 Å². The molecule has 1 unspecified atom stereocenters. The third-order valence-electron chi connectivity index (χ3n) is 3.38. The molecule has 0 aliphatic heterocycles. The van der Waals surface area contributed by atoms with Crippen LogP contribution >= 0.6 is 0 Å². The molecule has 0 fully saturated rings. The Labute approximate surface area is 126 Å². The molecule has 112 valence electrons. The van der Waals surface area contributed by atoms with Crippen LogP contribution in [-0.2, 0) is 16.3 Å². The maximum Gasteiger partial charge on any atom is 0.181 e. The second-order valence-corrected chi connectivity index (χ2v) is 7.14. The van der Waals surface area contributed by atoms with Crippen LogP contribution in [0.25, 0.3) is 0 Å². The summed E-state index contributed by atoms with van der Waals surface area (Å²) in [5.74, 6) is -0.301. The first-order chi connectivity index (χ1) is 10.0. The predicted octanol–water partition coefficient (Wildman–Crippen LogP) is 3.15. The molecule has 0 aliphatic rings. The van der Waals surface area contributed by atoms with Crippen LogP contribution in [-0.4, -0.2) is 19.3 Å². The SMILES string of the molecule is CCCc1ccc(C(O)CS(=O)(=O)c2ccccc2)cc1. The zero-order valence-electron chi connectivity index (χ0n) is 12.1. The highest BCUT2D eigenvalue weighted by Gasteiger charge is 2.20. The zero-order chi connectivity index (χ0) is 15.3. The van der Waals surface area contributed by atoms with Gasteiger partial charge < -0.3 is 5.11 Å². The van der Waals surface area contributed by atoms with E-state index in [1.807, 2.05) is 12.1 Å². The maximum absolute atomic E-state index is 12.2. The van der Waals surface area contributed by atoms with Crippen molar-refractivity contribution in [1.29, 1.82) is 0 Å². The standard InChI is InChI=1S/C17H20O3S/c1-2-6-14-9-11-15(12-10-14)17(18)13-21(19,20)16-7-4-3-5-8-16/h3-5,7-12,17-18H,2,6,13H2,1H3. The van der Waals surface area contributed by atoms with E-state index in [1.165, 1.54) is 5.56 Å². The summed E-state index contributed by atoms with van der Waals surface area (Å²) in [7, 11) is -3.48. The average Bonchev–Trinajstić information content (AvgIpc) is 2.49. The van der Waals surface area contributed by atoms with Crippen molar-refractivity contribution in [3.63, 3.8) is 0 Å². The molecule has 2 rings (SSSR count). The Balaban J connectivity index is 2.12. The van der Waals surface area contributed by atoms with Crippen molar-refractivity contribution in [1.82, 2.24) is 0 Å². The highest BCUT2D eigenvalue weighted by Crippen LogP contribution is 2.20. The molecular formula is C17H20O3S. The van der Waals surface area contributed by atoms with Crippen LogP contribution < -0.4 is 0 Å². The van der Waals surface area contributed by atoms with Gasteiger partial charge in [0.1, 0.15) is 0 Å². The first-order valence-electron chi connectivity index (χ1n) is 7.07. The van der Waals surface area contributed by atoms with E-state index in [0.717, 1.165) is 12.8 Å². The van der Waals surface area contributed by atoms with Crippen molar-refractivity contribution in [3.8, 4) is 0 Å². The molecule has 0 saturated heterocycles. The topological polar surface area (TPSA) is 54.4 Å². The maximum atomic E-state index is 12.2. The first kappa shape index (κ1) is 15.7. The quantitative estimate of drug-likeness (QED) is 0.892. The third kappa shape index (κ3) is 4.16. The number of aryl methyl sites for hydroxylation is 1. The smallest absolute Gasteiger partial charge is 0.181 e. The van der Waals surface area contributed by atoms with Crippen LogP contribution in [0, 0.1) is 0 Å². The molecule has 1 N–H and O–H groups in total. The second kappa shape index (κ2) is 6.87. The van der Waals surface area contributed by atoms with Crippen LogP contribution in [0.5, 0.6) is 0 Å². The monoisotopic (exact) mass is 304 g/mol. The number of hydrogen-bond donors (Lipinski definition) is 1. The van der Waals surface area contributed by atoms with E-state index in [2.05, 4.69) is 6.92 Å². The van der Waals surface area contributed by atoms with Gasteiger partial charge in [0.05, 0.1) is 16.8 Å². The number of benzene rings is 2. The Morgan fingerprint density at radius 3 is 2.19 bits per heavy atom. The Morgan fingerprint density at radius 2 is 1.62 bits per heavy atom. The molecule has 0 aromatic heterocycles. The lowest BCUT2D eigenvalue weighted by Crippen LogP contribution is -2.14. The lowest BCUT2D eigenvalue weighted by atomic mass is 10.1. The van der Waals surface area contributed by atoms with Crippen molar-refractivity contribution in [2.75, 3.05) is 5.75 Å². The summed E-state index contributed by atoms with van der Waals surface area (Å²) >= 11 is 0. The Hall–Kier alpha value is -1.65. The summed E-state index contributed by atoms with van der Waals surface area (Å²) < 4.78 is 24.5. The fourth-order valence-electron chi connectivity index (χ4n) is 2.22. The molecule has 0 saturated carbocycles. The largest absolute Gasteiger partial charge is 0.387 e. The van der Waals surface area contributed by atoms with Gasteiger partial charge in [-0.1, -0.05) is 55.8 Å². The Kier molecular flexibility index (Phi) is 5.15. The number of sulfone groups is 1. The number of hydrogen-bond acceptors (Lipinski definition) is 3. The molecular weight excluding hydrogens is 284 g/mol. The Bertz CT molecular complexity index is 661. The first-order valence-corrected chi connectivity index (χ1v) is 8.73. The van der Waals surface area contributed by atoms with Gasteiger partial charge in [0.25, 0.3) is 0 Å². The summed E-state index contributed by atoms with van der Waals surface area (Å²) in [5.41, 5.74) is 1.83. The molecule has 0 heterocycles. The minimum absolute atomic E-state index is 0.242. The minimum atomic E-state index is -3.48. The van der Waals surface area contributed by atoms with Crippen molar-refractivity contribution >= 4 is 9.84 Å². The molecule has 0 spiro atoms. The van der Waals surface area contributed by atoms with Gasteiger partial charge in [-0.3, -0.25) is 0 Å². The molecule has 0 aliphatic carbocycles. The van der Waals surface area contributed by atoms with Crippen LogP contribution in [0.15, 0.2) is 59.5 Å². The number of aliphatic hydroxyl groups is 1. The van der Waals surface area contributed by atoms with E-state index in [1.54, 1.807) is 42.5 Å². The normalized spacial score (nSPS) is 13.0. The molecule has 0 bridgehead atoms. The lowest BCUT2D eigenvalue weighted by Gasteiger charge is -2.12. The minimum Gasteiger partial charge on any atom is -0.387 e. The van der Waals surface area contributed by atoms with Gasteiger partial charge in [0.15, 0.2) is 9.84 Å². The fourth-order valence-corrected chi connectivity index (χ4v) is 3.60. The van der Waals surface area contributed by atoms with Gasteiger partial charge in [-0.05, 0) is 29.7 Å². The van der Waals surface area contributed by atoms with Crippen molar-refractivity contribution < 1.29 is 13.5 Å². The fraction of sp³-hybridized carbons (Fsp3) is 0.294. The van der Waals surface area contributed by atoms with Crippen molar-refractivity contribution in [2.45, 2.75) is 30.8 Å². The Morgan fingerprint density at radius 1 is 1.00 bits per heavy atom. The molecule has 3 nitrogen and oxygen atoms in total. The number of aliphatic hydroxyl groups excluding tert-OH is 1. The second-order valence-electron chi connectivity index (χ2n) is 5.10. The highest BCUT2D eigenvalue weighted by molar-refractivity contribution is 7.91. The van der Waals surface area contributed by atoms with Gasteiger partial charge >= 0.3 is 0 Å². The summed E-state index contributed by atoms with van der Waals surface area (Å²) in [4.78, 5) is 0.242. The summed E-state index contributed by atoms with van der Waals surface area (Å²) in [6, 6.07) is 15.7. The molecule has 4 heteroatoms. The van der Waals surface area contributed by atoms with E-state index in [-0.39, 0.29) is 10.6 Å². The van der Waals surface area contributed by atoms with E-state index < -0.39 is 15.9 Å². The van der Waals surface area contributed by atoms with E-state index in [9.17, 15) is 13.5 Å². The van der Waals surface area contributed by atoms with Crippen molar-refractivity contribution in [3.05, 3.63) is 65.7 Å².